The number of benzene rings is 2. The molecule has 0 fully saturated rings. The van der Waals surface area contributed by atoms with Gasteiger partial charge in [-0.2, -0.15) is 0 Å². The zero-order valence-electron chi connectivity index (χ0n) is 15.9. The third-order valence-electron chi connectivity index (χ3n) is 5.85. The Labute approximate surface area is 168 Å². The Balaban J connectivity index is 1.55. The minimum absolute atomic E-state index is 0.177. The van der Waals surface area contributed by atoms with Crippen LogP contribution in [0.3, 0.4) is 0 Å². The van der Waals surface area contributed by atoms with Gasteiger partial charge in [0.1, 0.15) is 18.1 Å². The molecule has 2 aromatic carbocycles. The molecule has 2 heterocycles. The van der Waals surface area contributed by atoms with Gasteiger partial charge in [0.2, 0.25) is 0 Å². The smallest absolute Gasteiger partial charge is 0.339 e. The summed E-state index contributed by atoms with van der Waals surface area (Å²) in [5, 5.41) is 1.83. The molecular weight excluding hydrogens is 374 g/mol. The summed E-state index contributed by atoms with van der Waals surface area (Å²) < 4.78 is 11.8. The lowest BCUT2D eigenvalue weighted by Gasteiger charge is -2.30. The number of aryl methyl sites for hydroxylation is 2. The zero-order chi connectivity index (χ0) is 19.3. The first-order chi connectivity index (χ1) is 13.6. The van der Waals surface area contributed by atoms with Crippen LogP contribution in [0.2, 0.25) is 5.02 Å². The molecule has 4 nitrogen and oxygen atoms in total. The van der Waals surface area contributed by atoms with Gasteiger partial charge in [-0.25, -0.2) is 4.79 Å². The molecule has 0 bridgehead atoms. The van der Waals surface area contributed by atoms with E-state index in [9.17, 15) is 4.79 Å². The maximum absolute atomic E-state index is 12.5. The quantitative estimate of drug-likeness (QED) is 0.573. The topological polar surface area (TPSA) is 42.7 Å². The second-order valence-electron chi connectivity index (χ2n) is 7.81. The van der Waals surface area contributed by atoms with E-state index in [1.165, 1.54) is 11.1 Å². The van der Waals surface area contributed by atoms with Gasteiger partial charge in [0, 0.05) is 40.2 Å². The van der Waals surface area contributed by atoms with Crippen molar-refractivity contribution in [2.24, 2.45) is 0 Å². The van der Waals surface area contributed by atoms with Crippen molar-refractivity contribution in [3.8, 4) is 5.75 Å². The molecule has 1 aliphatic heterocycles. The van der Waals surface area contributed by atoms with E-state index in [4.69, 9.17) is 20.8 Å². The Kier molecular flexibility index (Phi) is 4.41. The Hall–Kier alpha value is -2.30. The number of halogens is 1. The predicted molar refractivity (Wildman–Crippen MR) is 110 cm³/mol. The van der Waals surface area contributed by atoms with Crippen molar-refractivity contribution in [3.05, 3.63) is 73.6 Å². The molecule has 0 N–H and O–H groups in total. The van der Waals surface area contributed by atoms with Gasteiger partial charge in [0.15, 0.2) is 0 Å². The van der Waals surface area contributed by atoms with E-state index >= 15 is 0 Å². The monoisotopic (exact) mass is 395 g/mol. The molecule has 0 atom stereocenters. The summed E-state index contributed by atoms with van der Waals surface area (Å²) in [5.41, 5.74) is 5.80. The van der Waals surface area contributed by atoms with Gasteiger partial charge in [-0.15, -0.1) is 0 Å². The van der Waals surface area contributed by atoms with Gasteiger partial charge in [0.05, 0.1) is 0 Å². The van der Waals surface area contributed by atoms with Crippen molar-refractivity contribution in [1.82, 2.24) is 4.90 Å². The van der Waals surface area contributed by atoms with Gasteiger partial charge in [0.25, 0.3) is 0 Å². The molecular formula is C23H22ClNO3. The fourth-order valence-electron chi connectivity index (χ4n) is 4.54. The lowest BCUT2D eigenvalue weighted by molar-refractivity contribution is 0.0881. The summed E-state index contributed by atoms with van der Waals surface area (Å²) in [6, 6.07) is 10.1. The van der Waals surface area contributed by atoms with Crippen molar-refractivity contribution in [2.75, 3.05) is 6.73 Å². The molecule has 144 valence electrons. The minimum atomic E-state index is -0.177. The van der Waals surface area contributed by atoms with Crippen LogP contribution in [0.1, 0.15) is 40.7 Å². The van der Waals surface area contributed by atoms with Gasteiger partial charge in [-0.1, -0.05) is 23.7 Å². The van der Waals surface area contributed by atoms with Crippen molar-refractivity contribution in [3.63, 3.8) is 0 Å². The zero-order valence-corrected chi connectivity index (χ0v) is 16.6. The first kappa shape index (κ1) is 17.8. The van der Waals surface area contributed by atoms with E-state index in [1.807, 2.05) is 25.1 Å². The Morgan fingerprint density at radius 3 is 2.79 bits per heavy atom. The molecule has 0 radical (unpaired) electrons. The molecule has 2 aliphatic rings. The summed E-state index contributed by atoms with van der Waals surface area (Å²) >= 11 is 6.12. The van der Waals surface area contributed by atoms with Crippen LogP contribution in [0.25, 0.3) is 11.0 Å². The highest BCUT2D eigenvalue weighted by atomic mass is 35.5. The van der Waals surface area contributed by atoms with Gasteiger partial charge >= 0.3 is 5.63 Å². The van der Waals surface area contributed by atoms with Crippen LogP contribution >= 0.6 is 11.6 Å². The van der Waals surface area contributed by atoms with E-state index < -0.39 is 0 Å². The second-order valence-corrected chi connectivity index (χ2v) is 8.25. The molecule has 0 saturated carbocycles. The summed E-state index contributed by atoms with van der Waals surface area (Å²) in [6.07, 6.45) is 3.95. The van der Waals surface area contributed by atoms with Crippen molar-refractivity contribution < 1.29 is 9.15 Å². The van der Waals surface area contributed by atoms with Crippen LogP contribution in [0, 0.1) is 6.92 Å². The number of hydrogen-bond donors (Lipinski definition) is 0. The number of fused-ring (bicyclic) bond motifs is 4. The largest absolute Gasteiger partial charge is 0.477 e. The van der Waals surface area contributed by atoms with Crippen LogP contribution in [-0.2, 0) is 25.9 Å². The summed E-state index contributed by atoms with van der Waals surface area (Å²) in [5.74, 6) is 0.855. The minimum Gasteiger partial charge on any atom is -0.477 e. The normalized spacial score (nSPS) is 16.5. The number of hydrogen-bond acceptors (Lipinski definition) is 4. The van der Waals surface area contributed by atoms with Crippen molar-refractivity contribution in [1.29, 1.82) is 0 Å². The average molecular weight is 396 g/mol. The van der Waals surface area contributed by atoms with Crippen molar-refractivity contribution >= 4 is 22.6 Å². The van der Waals surface area contributed by atoms with E-state index in [0.717, 1.165) is 71.6 Å². The molecule has 0 saturated heterocycles. The molecule has 3 aromatic rings. The van der Waals surface area contributed by atoms with Crippen LogP contribution in [-0.4, -0.2) is 11.6 Å². The molecule has 1 aromatic heterocycles. The highest BCUT2D eigenvalue weighted by molar-refractivity contribution is 6.30. The highest BCUT2D eigenvalue weighted by Gasteiger charge is 2.25. The van der Waals surface area contributed by atoms with Crippen LogP contribution in [0.5, 0.6) is 5.75 Å². The first-order valence-corrected chi connectivity index (χ1v) is 10.2. The van der Waals surface area contributed by atoms with E-state index in [2.05, 4.69) is 17.0 Å². The van der Waals surface area contributed by atoms with Crippen molar-refractivity contribution in [2.45, 2.75) is 45.7 Å². The second kappa shape index (κ2) is 6.94. The number of ether oxygens (including phenoxy) is 1. The SMILES string of the molecule is Cc1c2c(cc3c4c(c(=O)oc13)CCCC4)CN(Cc1cccc(Cl)c1)CO2. The predicted octanol–water partition coefficient (Wildman–Crippen LogP) is 4.99. The summed E-state index contributed by atoms with van der Waals surface area (Å²) in [4.78, 5) is 14.7. The Morgan fingerprint density at radius 1 is 1.14 bits per heavy atom. The van der Waals surface area contributed by atoms with Gasteiger partial charge in [-0.05, 0) is 61.9 Å². The highest BCUT2D eigenvalue weighted by Crippen LogP contribution is 2.38. The van der Waals surface area contributed by atoms with Gasteiger partial charge in [-0.3, -0.25) is 4.90 Å². The molecule has 1 aliphatic carbocycles. The average Bonchev–Trinajstić information content (AvgIpc) is 2.69. The molecule has 0 unspecified atom stereocenters. The van der Waals surface area contributed by atoms with Crippen LogP contribution in [0.4, 0.5) is 0 Å². The molecule has 0 amide bonds. The number of nitrogens with zero attached hydrogens (tertiary/aromatic N) is 1. The molecule has 5 rings (SSSR count). The van der Waals surface area contributed by atoms with Crippen LogP contribution in [0.15, 0.2) is 39.5 Å². The maximum atomic E-state index is 12.5. The molecule has 0 spiro atoms. The lowest BCUT2D eigenvalue weighted by Crippen LogP contribution is -2.32. The van der Waals surface area contributed by atoms with Gasteiger partial charge < -0.3 is 9.15 Å². The number of rotatable bonds is 2. The third-order valence-corrected chi connectivity index (χ3v) is 6.09. The summed E-state index contributed by atoms with van der Waals surface area (Å²) in [6.45, 7) is 4.07. The standard InChI is InChI=1S/C23H22ClNO3/c1-14-21-16(12-25(13-27-21)11-15-5-4-6-17(24)9-15)10-20-18-7-2-3-8-19(18)23(26)28-22(14)20/h4-6,9-10H,2-3,7-8,11-13H2,1H3. The molecule has 5 heteroatoms. The summed E-state index contributed by atoms with van der Waals surface area (Å²) in [7, 11) is 0. The fourth-order valence-corrected chi connectivity index (χ4v) is 4.76. The first-order valence-electron chi connectivity index (χ1n) is 9.81. The van der Waals surface area contributed by atoms with Crippen LogP contribution < -0.4 is 10.4 Å². The van der Waals surface area contributed by atoms with E-state index in [-0.39, 0.29) is 5.63 Å². The third kappa shape index (κ3) is 3.01. The Bertz CT molecular complexity index is 1130. The fraction of sp³-hybridized carbons (Fsp3) is 0.348. The molecule has 28 heavy (non-hydrogen) atoms. The van der Waals surface area contributed by atoms with E-state index in [0.29, 0.717) is 12.3 Å². The Morgan fingerprint density at radius 2 is 1.96 bits per heavy atom. The lowest BCUT2D eigenvalue weighted by atomic mass is 9.89. The van der Waals surface area contributed by atoms with E-state index in [1.54, 1.807) is 0 Å². The maximum Gasteiger partial charge on any atom is 0.339 e.